The van der Waals surface area contributed by atoms with Gasteiger partial charge in [0.25, 0.3) is 0 Å². The monoisotopic (exact) mass is 360 g/mol. The van der Waals surface area contributed by atoms with E-state index in [1.807, 2.05) is 25.3 Å². The van der Waals surface area contributed by atoms with Crippen LogP contribution in [0.4, 0.5) is 5.82 Å². The van der Waals surface area contributed by atoms with Gasteiger partial charge in [-0.25, -0.2) is 9.97 Å². The highest BCUT2D eigenvalue weighted by Crippen LogP contribution is 2.30. The fraction of sp³-hybridized carbons (Fsp3) is 0.318. The Bertz CT molecular complexity index is 942. The van der Waals surface area contributed by atoms with Gasteiger partial charge in [0.05, 0.1) is 6.61 Å². The maximum absolute atomic E-state index is 6.09. The van der Waals surface area contributed by atoms with Gasteiger partial charge in [-0.3, -0.25) is 4.98 Å². The molecule has 0 amide bonds. The van der Waals surface area contributed by atoms with Gasteiger partial charge in [0.1, 0.15) is 11.9 Å². The summed E-state index contributed by atoms with van der Waals surface area (Å²) in [6, 6.07) is 12.3. The Morgan fingerprint density at radius 2 is 1.89 bits per heavy atom. The van der Waals surface area contributed by atoms with Gasteiger partial charge >= 0.3 is 0 Å². The van der Waals surface area contributed by atoms with Crippen molar-refractivity contribution < 1.29 is 4.74 Å². The number of hydrogen-bond acceptors (Lipinski definition) is 5. The van der Waals surface area contributed by atoms with E-state index in [9.17, 15) is 0 Å². The van der Waals surface area contributed by atoms with Gasteiger partial charge in [0.2, 0.25) is 0 Å². The van der Waals surface area contributed by atoms with E-state index < -0.39 is 0 Å². The van der Waals surface area contributed by atoms with Crippen LogP contribution < -0.4 is 4.90 Å². The molecule has 0 aliphatic carbocycles. The zero-order valence-electron chi connectivity index (χ0n) is 16.0. The minimum absolute atomic E-state index is 0.0523. The van der Waals surface area contributed by atoms with Crippen LogP contribution in [0, 0.1) is 20.8 Å². The van der Waals surface area contributed by atoms with Crippen molar-refractivity contribution in [2.75, 3.05) is 24.6 Å². The molecule has 0 radical (unpaired) electrons. The molecule has 1 unspecified atom stereocenters. The lowest BCUT2D eigenvalue weighted by atomic mass is 10.0. The number of anilines is 1. The Morgan fingerprint density at radius 3 is 2.67 bits per heavy atom. The average molecular weight is 360 g/mol. The van der Waals surface area contributed by atoms with Crippen molar-refractivity contribution in [3.63, 3.8) is 0 Å². The first kappa shape index (κ1) is 17.6. The lowest BCUT2D eigenvalue weighted by Gasteiger charge is -2.35. The largest absolute Gasteiger partial charge is 0.370 e. The lowest BCUT2D eigenvalue weighted by Crippen LogP contribution is -2.39. The summed E-state index contributed by atoms with van der Waals surface area (Å²) in [5.74, 6) is 1.71. The van der Waals surface area contributed by atoms with Crippen LogP contribution in [-0.2, 0) is 4.74 Å². The molecular weight excluding hydrogens is 336 g/mol. The first-order chi connectivity index (χ1) is 13.1. The van der Waals surface area contributed by atoms with E-state index in [2.05, 4.69) is 53.0 Å². The summed E-state index contributed by atoms with van der Waals surface area (Å²) in [5, 5.41) is 0. The highest BCUT2D eigenvalue weighted by Gasteiger charge is 2.26. The first-order valence-corrected chi connectivity index (χ1v) is 9.31. The second-order valence-electron chi connectivity index (χ2n) is 6.98. The standard InChI is InChI=1S/C22H24N4O/c1-15-7-4-5-9-19(15)20-14-26(11-12-27-20)22-16(2)17(3)24-21(25-22)18-8-6-10-23-13-18/h4-10,13,20H,11-12,14H2,1-3H3. The fourth-order valence-corrected chi connectivity index (χ4v) is 3.52. The molecule has 3 heterocycles. The Hall–Kier alpha value is -2.79. The number of pyridine rings is 1. The summed E-state index contributed by atoms with van der Waals surface area (Å²) in [6.07, 6.45) is 3.63. The third-order valence-electron chi connectivity index (χ3n) is 5.18. The van der Waals surface area contributed by atoms with Crippen LogP contribution in [0.1, 0.15) is 28.5 Å². The smallest absolute Gasteiger partial charge is 0.163 e. The first-order valence-electron chi connectivity index (χ1n) is 9.31. The van der Waals surface area contributed by atoms with E-state index >= 15 is 0 Å². The minimum Gasteiger partial charge on any atom is -0.370 e. The van der Waals surface area contributed by atoms with E-state index in [-0.39, 0.29) is 6.10 Å². The van der Waals surface area contributed by atoms with Crippen LogP contribution in [0.15, 0.2) is 48.8 Å². The van der Waals surface area contributed by atoms with Crippen LogP contribution in [0.3, 0.4) is 0 Å². The fourth-order valence-electron chi connectivity index (χ4n) is 3.52. The van der Waals surface area contributed by atoms with Gasteiger partial charge < -0.3 is 9.64 Å². The Balaban J connectivity index is 1.68. The molecule has 27 heavy (non-hydrogen) atoms. The van der Waals surface area contributed by atoms with Gasteiger partial charge in [0.15, 0.2) is 5.82 Å². The van der Waals surface area contributed by atoms with Crippen molar-refractivity contribution in [1.29, 1.82) is 0 Å². The van der Waals surface area contributed by atoms with Gasteiger partial charge in [-0.2, -0.15) is 0 Å². The molecule has 4 rings (SSSR count). The Kier molecular flexibility index (Phi) is 4.86. The molecule has 5 heteroatoms. The van der Waals surface area contributed by atoms with Crippen LogP contribution in [-0.4, -0.2) is 34.6 Å². The number of morpholine rings is 1. The van der Waals surface area contributed by atoms with Crippen molar-refractivity contribution in [1.82, 2.24) is 15.0 Å². The molecule has 1 aliphatic rings. The molecule has 138 valence electrons. The highest BCUT2D eigenvalue weighted by molar-refractivity contribution is 5.59. The number of benzene rings is 1. The molecule has 3 aromatic rings. The zero-order chi connectivity index (χ0) is 18.8. The van der Waals surface area contributed by atoms with E-state index in [1.165, 1.54) is 11.1 Å². The number of hydrogen-bond donors (Lipinski definition) is 0. The molecule has 0 spiro atoms. The molecule has 2 aromatic heterocycles. The predicted molar refractivity (Wildman–Crippen MR) is 107 cm³/mol. The SMILES string of the molecule is Cc1ccccc1C1CN(c2nc(-c3cccnc3)nc(C)c2C)CCO1. The topological polar surface area (TPSA) is 51.1 Å². The lowest BCUT2D eigenvalue weighted by molar-refractivity contribution is 0.0391. The van der Waals surface area contributed by atoms with Crippen molar-refractivity contribution in [3.05, 3.63) is 71.2 Å². The number of rotatable bonds is 3. The number of aryl methyl sites for hydroxylation is 2. The van der Waals surface area contributed by atoms with E-state index in [4.69, 9.17) is 9.72 Å². The molecule has 1 aliphatic heterocycles. The van der Waals surface area contributed by atoms with Crippen LogP contribution >= 0.6 is 0 Å². The second-order valence-corrected chi connectivity index (χ2v) is 6.98. The summed E-state index contributed by atoms with van der Waals surface area (Å²) in [7, 11) is 0. The van der Waals surface area contributed by atoms with E-state index in [0.29, 0.717) is 6.61 Å². The van der Waals surface area contributed by atoms with Crippen LogP contribution in [0.25, 0.3) is 11.4 Å². The molecule has 0 N–H and O–H groups in total. The van der Waals surface area contributed by atoms with Crippen molar-refractivity contribution in [3.8, 4) is 11.4 Å². The quantitative estimate of drug-likeness (QED) is 0.705. The Morgan fingerprint density at radius 1 is 1.04 bits per heavy atom. The number of ether oxygens (including phenoxy) is 1. The molecule has 0 bridgehead atoms. The summed E-state index contributed by atoms with van der Waals surface area (Å²) in [6.45, 7) is 8.57. The molecule has 1 saturated heterocycles. The summed E-state index contributed by atoms with van der Waals surface area (Å²) < 4.78 is 6.09. The second kappa shape index (κ2) is 7.45. The summed E-state index contributed by atoms with van der Waals surface area (Å²) in [5.41, 5.74) is 5.56. The maximum Gasteiger partial charge on any atom is 0.163 e. The molecule has 5 nitrogen and oxygen atoms in total. The summed E-state index contributed by atoms with van der Waals surface area (Å²) >= 11 is 0. The van der Waals surface area contributed by atoms with Crippen LogP contribution in [0.5, 0.6) is 0 Å². The normalized spacial score (nSPS) is 17.1. The third kappa shape index (κ3) is 3.55. The van der Waals surface area contributed by atoms with Crippen LogP contribution in [0.2, 0.25) is 0 Å². The van der Waals surface area contributed by atoms with E-state index in [0.717, 1.165) is 41.6 Å². The van der Waals surface area contributed by atoms with Gasteiger partial charge in [-0.1, -0.05) is 24.3 Å². The molecular formula is C22H24N4O. The van der Waals surface area contributed by atoms with Gasteiger partial charge in [-0.05, 0) is 44.0 Å². The third-order valence-corrected chi connectivity index (χ3v) is 5.18. The average Bonchev–Trinajstić information content (AvgIpc) is 2.71. The molecule has 1 fully saturated rings. The molecule has 1 atom stereocenters. The zero-order valence-corrected chi connectivity index (χ0v) is 16.0. The summed E-state index contributed by atoms with van der Waals surface area (Å²) in [4.78, 5) is 16.1. The van der Waals surface area contributed by atoms with Crippen molar-refractivity contribution in [2.24, 2.45) is 0 Å². The highest BCUT2D eigenvalue weighted by atomic mass is 16.5. The number of aromatic nitrogens is 3. The Labute approximate surface area is 160 Å². The predicted octanol–water partition coefficient (Wildman–Crippen LogP) is 4.04. The molecule has 1 aromatic carbocycles. The number of nitrogens with zero attached hydrogens (tertiary/aromatic N) is 4. The van der Waals surface area contributed by atoms with Gasteiger partial charge in [0, 0.05) is 42.3 Å². The van der Waals surface area contributed by atoms with Crippen molar-refractivity contribution >= 4 is 5.82 Å². The minimum atomic E-state index is 0.0523. The maximum atomic E-state index is 6.09. The van der Waals surface area contributed by atoms with Gasteiger partial charge in [-0.15, -0.1) is 0 Å². The van der Waals surface area contributed by atoms with E-state index in [1.54, 1.807) is 6.20 Å². The van der Waals surface area contributed by atoms with Crippen molar-refractivity contribution in [2.45, 2.75) is 26.9 Å². The molecule has 0 saturated carbocycles.